The minimum Gasteiger partial charge on any atom is -0.312 e. The van der Waals surface area contributed by atoms with Gasteiger partial charge in [0.1, 0.15) is 0 Å². The quantitative estimate of drug-likeness (QED) is 0.789. The van der Waals surface area contributed by atoms with Gasteiger partial charge in [-0.1, -0.05) is 6.92 Å². The van der Waals surface area contributed by atoms with E-state index in [1.165, 1.54) is 50.8 Å². The molecule has 0 aromatic heterocycles. The van der Waals surface area contributed by atoms with Gasteiger partial charge in [0.05, 0.1) is 0 Å². The smallest absolute Gasteiger partial charge is 0.0184 e. The molecule has 1 nitrogen and oxygen atoms in total. The molecule has 1 heterocycles. The molecule has 2 unspecified atom stereocenters. The van der Waals surface area contributed by atoms with Gasteiger partial charge < -0.3 is 5.32 Å². The third-order valence-electron chi connectivity index (χ3n) is 4.66. The van der Waals surface area contributed by atoms with Crippen molar-refractivity contribution in [1.29, 1.82) is 0 Å². The average Bonchev–Trinajstić information content (AvgIpc) is 3.10. The van der Waals surface area contributed by atoms with Crippen molar-refractivity contribution in [1.82, 2.24) is 5.32 Å². The Morgan fingerprint density at radius 3 is 2.67 bits per heavy atom. The van der Waals surface area contributed by atoms with Crippen molar-refractivity contribution in [2.75, 3.05) is 12.3 Å². The molecule has 1 N–H and O–H groups in total. The monoisotopic (exact) mass is 225 g/mol. The highest BCUT2D eigenvalue weighted by Crippen LogP contribution is 2.60. The van der Waals surface area contributed by atoms with E-state index in [1.54, 1.807) is 0 Å². The third-order valence-corrected chi connectivity index (χ3v) is 6.04. The summed E-state index contributed by atoms with van der Waals surface area (Å²) in [5.74, 6) is 2.49. The van der Waals surface area contributed by atoms with E-state index in [0.717, 1.165) is 22.6 Å². The maximum absolute atomic E-state index is 3.87. The van der Waals surface area contributed by atoms with E-state index in [0.29, 0.717) is 0 Å². The first kappa shape index (κ1) is 10.5. The van der Waals surface area contributed by atoms with Crippen LogP contribution in [0.2, 0.25) is 0 Å². The Morgan fingerprint density at radius 2 is 2.07 bits per heavy atom. The van der Waals surface area contributed by atoms with Crippen LogP contribution in [0.5, 0.6) is 0 Å². The molecule has 15 heavy (non-hydrogen) atoms. The van der Waals surface area contributed by atoms with E-state index in [-0.39, 0.29) is 0 Å². The molecule has 0 aromatic rings. The van der Waals surface area contributed by atoms with Crippen LogP contribution in [-0.4, -0.2) is 23.6 Å². The maximum atomic E-state index is 3.87. The van der Waals surface area contributed by atoms with Crippen LogP contribution in [0.15, 0.2) is 0 Å². The predicted octanol–water partition coefficient (Wildman–Crippen LogP) is 3.05. The summed E-state index contributed by atoms with van der Waals surface area (Å²) in [4.78, 5) is 0. The number of thioether (sulfide) groups is 1. The first-order valence-corrected chi connectivity index (χ1v) is 7.70. The van der Waals surface area contributed by atoms with Gasteiger partial charge in [-0.05, 0) is 55.6 Å². The number of hydrogen-bond donors (Lipinski definition) is 1. The molecule has 0 bridgehead atoms. The second-order valence-electron chi connectivity index (χ2n) is 5.84. The Hall–Kier alpha value is 0.310. The normalized spacial score (nSPS) is 39.0. The van der Waals surface area contributed by atoms with Gasteiger partial charge in [-0.2, -0.15) is 11.8 Å². The molecule has 3 aliphatic rings. The van der Waals surface area contributed by atoms with Crippen molar-refractivity contribution < 1.29 is 0 Å². The summed E-state index contributed by atoms with van der Waals surface area (Å²) >= 11 is 2.16. The van der Waals surface area contributed by atoms with Gasteiger partial charge in [-0.15, -0.1) is 0 Å². The van der Waals surface area contributed by atoms with E-state index >= 15 is 0 Å². The van der Waals surface area contributed by atoms with Crippen molar-refractivity contribution in [2.45, 2.75) is 56.7 Å². The number of rotatable bonds is 4. The van der Waals surface area contributed by atoms with Crippen LogP contribution >= 0.6 is 11.8 Å². The van der Waals surface area contributed by atoms with Gasteiger partial charge in [0, 0.05) is 17.8 Å². The Balaban J connectivity index is 1.48. The van der Waals surface area contributed by atoms with Crippen molar-refractivity contribution in [3.63, 3.8) is 0 Å². The van der Waals surface area contributed by atoms with Gasteiger partial charge in [0.15, 0.2) is 0 Å². The van der Waals surface area contributed by atoms with Gasteiger partial charge in [-0.25, -0.2) is 0 Å². The Labute approximate surface area is 97.8 Å². The zero-order valence-corrected chi connectivity index (χ0v) is 10.6. The van der Waals surface area contributed by atoms with Crippen LogP contribution in [0.3, 0.4) is 0 Å². The van der Waals surface area contributed by atoms with Crippen molar-refractivity contribution in [3.8, 4) is 0 Å². The molecule has 2 saturated carbocycles. The average molecular weight is 225 g/mol. The van der Waals surface area contributed by atoms with E-state index in [2.05, 4.69) is 24.0 Å². The largest absolute Gasteiger partial charge is 0.312 e. The first-order valence-electron chi connectivity index (χ1n) is 6.65. The highest BCUT2D eigenvalue weighted by Gasteiger charge is 2.53. The van der Waals surface area contributed by atoms with E-state index in [1.807, 2.05) is 0 Å². The van der Waals surface area contributed by atoms with E-state index in [4.69, 9.17) is 0 Å². The molecule has 0 amide bonds. The molecular formula is C13H23NS. The summed E-state index contributed by atoms with van der Waals surface area (Å²) in [6.07, 6.45) is 8.91. The predicted molar refractivity (Wildman–Crippen MR) is 67.3 cm³/mol. The van der Waals surface area contributed by atoms with Crippen LogP contribution < -0.4 is 5.32 Å². The van der Waals surface area contributed by atoms with Crippen LogP contribution in [0.1, 0.15) is 45.4 Å². The molecule has 1 saturated heterocycles. The second-order valence-corrected chi connectivity index (χ2v) is 7.33. The summed E-state index contributed by atoms with van der Waals surface area (Å²) in [5.41, 5.74) is 0.780. The minimum absolute atomic E-state index is 0.780. The fourth-order valence-electron chi connectivity index (χ4n) is 3.11. The summed E-state index contributed by atoms with van der Waals surface area (Å²) in [6.45, 7) is 3.73. The molecule has 2 aliphatic carbocycles. The maximum Gasteiger partial charge on any atom is 0.0184 e. The van der Waals surface area contributed by atoms with Gasteiger partial charge in [0.2, 0.25) is 0 Å². The molecule has 1 aliphatic heterocycles. The molecule has 2 atom stereocenters. The van der Waals surface area contributed by atoms with Crippen LogP contribution in [0.25, 0.3) is 0 Å². The lowest BCUT2D eigenvalue weighted by atomic mass is 9.99. The molecule has 0 spiro atoms. The van der Waals surface area contributed by atoms with Gasteiger partial charge in [-0.3, -0.25) is 0 Å². The highest BCUT2D eigenvalue weighted by molar-refractivity contribution is 7.99. The van der Waals surface area contributed by atoms with Crippen LogP contribution in [-0.2, 0) is 0 Å². The fraction of sp³-hybridized carbons (Fsp3) is 1.00. The lowest BCUT2D eigenvalue weighted by molar-refractivity contribution is 0.356. The summed E-state index contributed by atoms with van der Waals surface area (Å²) in [5, 5.41) is 4.72. The van der Waals surface area contributed by atoms with E-state index < -0.39 is 0 Å². The lowest BCUT2D eigenvalue weighted by Crippen LogP contribution is -2.42. The highest BCUT2D eigenvalue weighted by atomic mass is 32.2. The van der Waals surface area contributed by atoms with Crippen molar-refractivity contribution >= 4 is 11.8 Å². The SMILES string of the molecule is CC1SCCCC1NCC1(C2CC2)CC1. The molecule has 86 valence electrons. The van der Waals surface area contributed by atoms with Crippen molar-refractivity contribution in [3.05, 3.63) is 0 Å². The summed E-state index contributed by atoms with van der Waals surface area (Å²) in [7, 11) is 0. The zero-order valence-electron chi connectivity index (χ0n) is 9.80. The standard InChI is InChI=1S/C13H23NS/c1-10-12(3-2-8-15-10)14-9-13(6-7-13)11-4-5-11/h10-12,14H,2-9H2,1H3. The Bertz CT molecular complexity index is 233. The van der Waals surface area contributed by atoms with Crippen molar-refractivity contribution in [2.24, 2.45) is 11.3 Å². The van der Waals surface area contributed by atoms with Gasteiger partial charge >= 0.3 is 0 Å². The third kappa shape index (κ3) is 2.21. The minimum atomic E-state index is 0.780. The molecule has 3 rings (SSSR count). The second kappa shape index (κ2) is 3.96. The Kier molecular flexibility index (Phi) is 2.76. The lowest BCUT2D eigenvalue weighted by Gasteiger charge is -2.31. The van der Waals surface area contributed by atoms with Crippen LogP contribution in [0.4, 0.5) is 0 Å². The zero-order chi connectivity index (χ0) is 10.3. The number of hydrogen-bond acceptors (Lipinski definition) is 2. The molecule has 0 aromatic carbocycles. The molecule has 3 fully saturated rings. The summed E-state index contributed by atoms with van der Waals surface area (Å²) in [6, 6.07) is 0.806. The molecule has 2 heteroatoms. The fourth-order valence-corrected chi connectivity index (χ4v) is 4.28. The summed E-state index contributed by atoms with van der Waals surface area (Å²) < 4.78 is 0. The van der Waals surface area contributed by atoms with Gasteiger partial charge in [0.25, 0.3) is 0 Å². The Morgan fingerprint density at radius 1 is 1.27 bits per heavy atom. The molecule has 0 radical (unpaired) electrons. The van der Waals surface area contributed by atoms with E-state index in [9.17, 15) is 0 Å². The first-order chi connectivity index (χ1) is 7.30. The van der Waals surface area contributed by atoms with Crippen LogP contribution in [0, 0.1) is 11.3 Å². The number of nitrogens with one attached hydrogen (secondary N) is 1. The topological polar surface area (TPSA) is 12.0 Å². The molecular weight excluding hydrogens is 202 g/mol.